The summed E-state index contributed by atoms with van der Waals surface area (Å²) in [6.07, 6.45) is 12.7. The third-order valence-electron chi connectivity index (χ3n) is 4.02. The van der Waals surface area contributed by atoms with Crippen LogP contribution >= 0.6 is 0 Å². The predicted molar refractivity (Wildman–Crippen MR) is 101 cm³/mol. The Morgan fingerprint density at radius 3 is 2.71 bits per heavy atom. The lowest BCUT2D eigenvalue weighted by molar-refractivity contribution is -0.0882. The molecule has 0 saturated carbocycles. The fourth-order valence-corrected chi connectivity index (χ4v) is 2.58. The van der Waals surface area contributed by atoms with Gasteiger partial charge < -0.3 is 20.1 Å². The van der Waals surface area contributed by atoms with Gasteiger partial charge in [0.25, 0.3) is 0 Å². The molecule has 2 atom stereocenters. The molecule has 2 unspecified atom stereocenters. The number of aliphatic hydroxyl groups is 1. The minimum absolute atomic E-state index is 0.167. The number of nitrogens with zero attached hydrogens (tertiary/aromatic N) is 1. The van der Waals surface area contributed by atoms with Crippen LogP contribution in [-0.4, -0.2) is 36.6 Å². The van der Waals surface area contributed by atoms with E-state index in [2.05, 4.69) is 50.9 Å². The van der Waals surface area contributed by atoms with Crippen LogP contribution in [0.4, 0.5) is 0 Å². The number of aliphatic hydroxyl groups excluding tert-OH is 1. The molecular formula is C20H32N2O2. The quantitative estimate of drug-likeness (QED) is 0.665. The highest BCUT2D eigenvalue weighted by Gasteiger charge is 2.32. The first kappa shape index (κ1) is 20.3. The molecule has 0 bridgehead atoms. The molecule has 0 aromatic heterocycles. The first-order valence-corrected chi connectivity index (χ1v) is 8.59. The van der Waals surface area contributed by atoms with Crippen molar-refractivity contribution < 1.29 is 9.84 Å². The number of hydrogen-bond donors (Lipinski definition) is 2. The number of hydrogen-bond acceptors (Lipinski definition) is 4. The van der Waals surface area contributed by atoms with Gasteiger partial charge in [-0.05, 0) is 30.1 Å². The molecule has 134 valence electrons. The van der Waals surface area contributed by atoms with Crippen LogP contribution in [0.5, 0.6) is 0 Å². The fraction of sp³-hybridized carbons (Fsp3) is 0.500. The smallest absolute Gasteiger partial charge is 0.198 e. The lowest BCUT2D eigenvalue weighted by Gasteiger charge is -2.19. The molecule has 1 aliphatic rings. The maximum Gasteiger partial charge on any atom is 0.198 e. The second kappa shape index (κ2) is 10.2. The second-order valence-corrected chi connectivity index (χ2v) is 6.14. The molecule has 0 spiro atoms. The molecule has 1 heterocycles. The highest BCUT2D eigenvalue weighted by molar-refractivity contribution is 5.27. The zero-order chi connectivity index (χ0) is 18.1. The topological polar surface area (TPSA) is 44.7 Å². The molecule has 4 nitrogen and oxygen atoms in total. The first-order valence-electron chi connectivity index (χ1n) is 8.59. The molecule has 24 heavy (non-hydrogen) atoms. The SMILES string of the molecule is C=C/C=C(/C=C1\C(O)OC(C/C=C\C(=C/CC)C(C)C)N1C)NC. The second-order valence-electron chi connectivity index (χ2n) is 6.14. The van der Waals surface area contributed by atoms with Crippen LogP contribution in [0.25, 0.3) is 0 Å². The van der Waals surface area contributed by atoms with E-state index >= 15 is 0 Å². The Hall–Kier alpha value is -1.78. The van der Waals surface area contributed by atoms with Crippen molar-refractivity contribution in [1.82, 2.24) is 10.2 Å². The van der Waals surface area contributed by atoms with Gasteiger partial charge in [-0.2, -0.15) is 0 Å². The molecule has 4 heteroatoms. The van der Waals surface area contributed by atoms with E-state index in [1.807, 2.05) is 31.1 Å². The molecule has 1 rings (SSSR count). The maximum absolute atomic E-state index is 10.2. The van der Waals surface area contributed by atoms with Crippen molar-refractivity contribution in [2.75, 3.05) is 14.1 Å². The summed E-state index contributed by atoms with van der Waals surface area (Å²) in [5.41, 5.74) is 2.95. The standard InChI is InChI=1S/C20H32N2O2/c1-7-10-16(15(3)4)12-9-13-19-22(6)18(20(23)24-19)14-17(21-5)11-8-2/h8-12,14-15,19-21,23H,2,7,13H2,1,3-6H3/b12-9-,16-10+,17-11-,18-14+. The van der Waals surface area contributed by atoms with Gasteiger partial charge in [-0.25, -0.2) is 0 Å². The van der Waals surface area contributed by atoms with Crippen molar-refractivity contribution in [2.45, 2.75) is 46.1 Å². The van der Waals surface area contributed by atoms with Crippen LogP contribution in [0, 0.1) is 5.92 Å². The van der Waals surface area contributed by atoms with Gasteiger partial charge in [0.15, 0.2) is 6.29 Å². The fourth-order valence-electron chi connectivity index (χ4n) is 2.58. The van der Waals surface area contributed by atoms with Crippen LogP contribution in [-0.2, 0) is 4.74 Å². The molecule has 2 N–H and O–H groups in total. The van der Waals surface area contributed by atoms with Crippen molar-refractivity contribution in [3.8, 4) is 0 Å². The molecule has 0 aliphatic carbocycles. The van der Waals surface area contributed by atoms with Crippen molar-refractivity contribution in [3.63, 3.8) is 0 Å². The monoisotopic (exact) mass is 332 g/mol. The van der Waals surface area contributed by atoms with E-state index < -0.39 is 6.29 Å². The van der Waals surface area contributed by atoms with Crippen molar-refractivity contribution in [3.05, 3.63) is 60.0 Å². The van der Waals surface area contributed by atoms with Crippen molar-refractivity contribution in [2.24, 2.45) is 5.92 Å². The molecule has 0 amide bonds. The van der Waals surface area contributed by atoms with E-state index in [1.165, 1.54) is 5.57 Å². The van der Waals surface area contributed by atoms with Gasteiger partial charge in [-0.3, -0.25) is 0 Å². The van der Waals surface area contributed by atoms with Gasteiger partial charge >= 0.3 is 0 Å². The summed E-state index contributed by atoms with van der Waals surface area (Å²) in [5, 5.41) is 13.2. The molecule has 1 aliphatic heterocycles. The average molecular weight is 332 g/mol. The van der Waals surface area contributed by atoms with Crippen LogP contribution in [0.1, 0.15) is 33.6 Å². The Bertz CT molecular complexity index is 530. The molecule has 0 aromatic carbocycles. The van der Waals surface area contributed by atoms with Crippen LogP contribution in [0.3, 0.4) is 0 Å². The highest BCUT2D eigenvalue weighted by atomic mass is 16.6. The summed E-state index contributed by atoms with van der Waals surface area (Å²) < 4.78 is 5.67. The Balaban J connectivity index is 2.80. The van der Waals surface area contributed by atoms with E-state index in [0.29, 0.717) is 5.92 Å². The minimum Gasteiger partial charge on any atom is -0.388 e. The summed E-state index contributed by atoms with van der Waals surface area (Å²) in [4.78, 5) is 1.97. The van der Waals surface area contributed by atoms with Crippen molar-refractivity contribution >= 4 is 0 Å². The zero-order valence-corrected chi connectivity index (χ0v) is 15.6. The third kappa shape index (κ3) is 5.69. The normalized spacial score (nSPS) is 24.5. The molecule has 0 aromatic rings. The van der Waals surface area contributed by atoms with Gasteiger partial charge in [0.05, 0.1) is 5.70 Å². The summed E-state index contributed by atoms with van der Waals surface area (Å²) in [7, 11) is 3.77. The van der Waals surface area contributed by atoms with E-state index in [1.54, 1.807) is 6.08 Å². The lowest BCUT2D eigenvalue weighted by Crippen LogP contribution is -2.24. The Labute approximate surface area is 146 Å². The number of allylic oxidation sites excluding steroid dienone is 6. The molecule has 1 fully saturated rings. The van der Waals surface area contributed by atoms with Gasteiger partial charge in [0.1, 0.15) is 6.23 Å². The Morgan fingerprint density at radius 1 is 1.46 bits per heavy atom. The van der Waals surface area contributed by atoms with Gasteiger partial charge in [0, 0.05) is 26.2 Å². The van der Waals surface area contributed by atoms with Gasteiger partial charge in [-0.1, -0.05) is 51.7 Å². The minimum atomic E-state index is -0.911. The number of nitrogens with one attached hydrogen (secondary N) is 1. The maximum atomic E-state index is 10.2. The predicted octanol–water partition coefficient (Wildman–Crippen LogP) is 3.70. The van der Waals surface area contributed by atoms with E-state index in [4.69, 9.17) is 4.74 Å². The Kier molecular flexibility index (Phi) is 8.58. The number of ether oxygens (including phenoxy) is 1. The van der Waals surface area contributed by atoms with Crippen molar-refractivity contribution in [1.29, 1.82) is 0 Å². The Morgan fingerprint density at radius 2 is 2.17 bits per heavy atom. The van der Waals surface area contributed by atoms with Crippen LogP contribution in [0.2, 0.25) is 0 Å². The summed E-state index contributed by atoms with van der Waals surface area (Å²) in [6, 6.07) is 0. The molecule has 0 radical (unpaired) electrons. The highest BCUT2D eigenvalue weighted by Crippen LogP contribution is 2.27. The average Bonchev–Trinajstić information content (AvgIpc) is 2.80. The van der Waals surface area contributed by atoms with Crippen LogP contribution < -0.4 is 5.32 Å². The van der Waals surface area contributed by atoms with E-state index in [-0.39, 0.29) is 6.23 Å². The third-order valence-corrected chi connectivity index (χ3v) is 4.02. The number of likely N-dealkylation sites (N-methyl/N-ethyl adjacent to an activating group) is 2. The summed E-state index contributed by atoms with van der Waals surface area (Å²) >= 11 is 0. The van der Waals surface area contributed by atoms with E-state index in [9.17, 15) is 5.11 Å². The first-order chi connectivity index (χ1) is 11.4. The van der Waals surface area contributed by atoms with Gasteiger partial charge in [0.2, 0.25) is 0 Å². The van der Waals surface area contributed by atoms with E-state index in [0.717, 1.165) is 24.2 Å². The molecule has 1 saturated heterocycles. The van der Waals surface area contributed by atoms with Crippen LogP contribution in [0.15, 0.2) is 60.0 Å². The molecular weight excluding hydrogens is 300 g/mol. The van der Waals surface area contributed by atoms with Gasteiger partial charge in [-0.15, -0.1) is 0 Å². The summed E-state index contributed by atoms with van der Waals surface area (Å²) in [6.45, 7) is 10.2. The summed E-state index contributed by atoms with van der Waals surface area (Å²) in [5.74, 6) is 0.506. The largest absolute Gasteiger partial charge is 0.388 e. The lowest BCUT2D eigenvalue weighted by atomic mass is 10.0. The number of rotatable bonds is 8. The zero-order valence-electron chi connectivity index (χ0n) is 15.6.